The van der Waals surface area contributed by atoms with Gasteiger partial charge < -0.3 is 9.64 Å². The number of carbonyl (C=O) groups is 1. The minimum atomic E-state index is -0.220. The van der Waals surface area contributed by atoms with Crippen LogP contribution >= 0.6 is 0 Å². The van der Waals surface area contributed by atoms with Crippen LogP contribution in [0.25, 0.3) is 0 Å². The molecule has 0 aliphatic carbocycles. The summed E-state index contributed by atoms with van der Waals surface area (Å²) in [5.41, 5.74) is 0. The van der Waals surface area contributed by atoms with Crippen LogP contribution in [0.15, 0.2) is 0 Å². The van der Waals surface area contributed by atoms with Gasteiger partial charge in [-0.25, -0.2) is 4.98 Å². The number of rotatable bonds is 6. The van der Waals surface area contributed by atoms with Crippen molar-refractivity contribution in [3.05, 3.63) is 11.6 Å². The van der Waals surface area contributed by atoms with Crippen molar-refractivity contribution in [3.8, 4) is 0 Å². The molecule has 25 heavy (non-hydrogen) atoms. The van der Waals surface area contributed by atoms with Gasteiger partial charge in [-0.2, -0.15) is 5.10 Å². The van der Waals surface area contributed by atoms with Crippen LogP contribution in [0, 0.1) is 0 Å². The van der Waals surface area contributed by atoms with Gasteiger partial charge in [0.05, 0.1) is 19.2 Å². The largest absolute Gasteiger partial charge is 0.366 e. The van der Waals surface area contributed by atoms with Gasteiger partial charge in [0.25, 0.3) is 0 Å². The number of carbonyl (C=O) groups excluding carboxylic acids is 1. The van der Waals surface area contributed by atoms with Crippen molar-refractivity contribution in [2.75, 3.05) is 32.8 Å². The van der Waals surface area contributed by atoms with Crippen molar-refractivity contribution < 1.29 is 9.53 Å². The molecule has 0 bridgehead atoms. The van der Waals surface area contributed by atoms with E-state index in [2.05, 4.69) is 33.9 Å². The maximum atomic E-state index is 13.1. The summed E-state index contributed by atoms with van der Waals surface area (Å²) in [6, 6.07) is 0.0373. The first-order valence-electron chi connectivity index (χ1n) is 9.78. The molecule has 2 aliphatic rings. The smallest absolute Gasteiger partial charge is 0.240 e. The van der Waals surface area contributed by atoms with Gasteiger partial charge in [-0.1, -0.05) is 20.3 Å². The Bertz CT molecular complexity index is 559. The SMILES string of the molecule is CCCc1nc([C@@H]2CN(C(=O)[C@@H]3CCCCN3CCC)CCO2)n[nH]1. The van der Waals surface area contributed by atoms with Crippen LogP contribution < -0.4 is 0 Å². The number of hydrogen-bond acceptors (Lipinski definition) is 5. The van der Waals surface area contributed by atoms with Crippen molar-refractivity contribution in [1.82, 2.24) is 25.0 Å². The number of ether oxygens (including phenoxy) is 1. The molecule has 7 heteroatoms. The number of amides is 1. The van der Waals surface area contributed by atoms with Gasteiger partial charge in [-0.15, -0.1) is 0 Å². The zero-order chi connectivity index (χ0) is 17.6. The van der Waals surface area contributed by atoms with Crippen molar-refractivity contribution in [2.45, 2.75) is 64.5 Å². The van der Waals surface area contributed by atoms with E-state index in [1.54, 1.807) is 0 Å². The molecule has 0 unspecified atom stereocenters. The molecular weight excluding hydrogens is 318 g/mol. The molecule has 2 atom stereocenters. The summed E-state index contributed by atoms with van der Waals surface area (Å²) in [5.74, 6) is 1.83. The molecule has 1 N–H and O–H groups in total. The molecule has 3 heterocycles. The van der Waals surface area contributed by atoms with E-state index >= 15 is 0 Å². The minimum absolute atomic E-state index is 0.0373. The molecule has 0 spiro atoms. The molecule has 0 saturated carbocycles. The van der Waals surface area contributed by atoms with E-state index in [1.807, 2.05) is 4.90 Å². The maximum absolute atomic E-state index is 13.1. The van der Waals surface area contributed by atoms with Crippen LogP contribution in [-0.2, 0) is 16.0 Å². The summed E-state index contributed by atoms with van der Waals surface area (Å²) in [6.45, 7) is 8.11. The van der Waals surface area contributed by atoms with Crippen LogP contribution in [0.2, 0.25) is 0 Å². The van der Waals surface area contributed by atoms with E-state index in [0.29, 0.717) is 25.5 Å². The number of morpholine rings is 1. The molecule has 2 saturated heterocycles. The molecule has 2 aliphatic heterocycles. The topological polar surface area (TPSA) is 74.3 Å². The quantitative estimate of drug-likeness (QED) is 0.849. The third-order valence-electron chi connectivity index (χ3n) is 5.11. The summed E-state index contributed by atoms with van der Waals surface area (Å²) in [6.07, 6.45) is 6.10. The number of H-pyrrole nitrogens is 1. The summed E-state index contributed by atoms with van der Waals surface area (Å²) in [5, 5.41) is 7.28. The first-order valence-corrected chi connectivity index (χ1v) is 9.78. The lowest BCUT2D eigenvalue weighted by molar-refractivity contribution is -0.146. The monoisotopic (exact) mass is 349 g/mol. The lowest BCUT2D eigenvalue weighted by Crippen LogP contribution is -2.54. The Hall–Kier alpha value is -1.47. The third-order valence-corrected chi connectivity index (χ3v) is 5.11. The molecule has 7 nitrogen and oxygen atoms in total. The van der Waals surface area contributed by atoms with E-state index in [4.69, 9.17) is 4.74 Å². The first-order chi connectivity index (χ1) is 12.2. The summed E-state index contributed by atoms with van der Waals surface area (Å²) in [4.78, 5) is 22.0. The maximum Gasteiger partial charge on any atom is 0.240 e. The van der Waals surface area contributed by atoms with Crippen molar-refractivity contribution in [1.29, 1.82) is 0 Å². The van der Waals surface area contributed by atoms with E-state index in [9.17, 15) is 4.79 Å². The molecule has 1 aromatic rings. The standard InChI is InChI=1S/C18H31N5O2/c1-3-7-16-19-17(21-20-16)15-13-23(11-12-25-15)18(24)14-8-5-6-10-22(14)9-4-2/h14-15H,3-13H2,1-2H3,(H,19,20,21)/t14-,15-/m0/s1. The lowest BCUT2D eigenvalue weighted by Gasteiger charge is -2.39. The highest BCUT2D eigenvalue weighted by Gasteiger charge is 2.35. The summed E-state index contributed by atoms with van der Waals surface area (Å²) in [7, 11) is 0. The van der Waals surface area contributed by atoms with Gasteiger partial charge in [0.1, 0.15) is 11.9 Å². The highest BCUT2D eigenvalue weighted by Crippen LogP contribution is 2.24. The Morgan fingerprint density at radius 2 is 2.16 bits per heavy atom. The molecule has 3 rings (SSSR count). The predicted octanol–water partition coefficient (Wildman–Crippen LogP) is 1.92. The normalized spacial score (nSPS) is 25.3. The Morgan fingerprint density at radius 1 is 1.28 bits per heavy atom. The number of likely N-dealkylation sites (tertiary alicyclic amines) is 1. The Labute approximate surface area is 150 Å². The molecular formula is C18H31N5O2. The zero-order valence-corrected chi connectivity index (χ0v) is 15.5. The fourth-order valence-corrected chi connectivity index (χ4v) is 3.84. The molecule has 2 fully saturated rings. The first kappa shape index (κ1) is 18.3. The Morgan fingerprint density at radius 3 is 2.96 bits per heavy atom. The van der Waals surface area contributed by atoms with Gasteiger partial charge in [0.15, 0.2) is 5.82 Å². The number of aryl methyl sites for hydroxylation is 1. The van der Waals surface area contributed by atoms with Crippen molar-refractivity contribution in [2.24, 2.45) is 0 Å². The summed E-state index contributed by atoms with van der Waals surface area (Å²) < 4.78 is 5.85. The highest BCUT2D eigenvalue weighted by atomic mass is 16.5. The van der Waals surface area contributed by atoms with E-state index < -0.39 is 0 Å². The Balaban J connectivity index is 1.64. The number of aromatic nitrogens is 3. The second-order valence-corrected chi connectivity index (χ2v) is 7.08. The van der Waals surface area contributed by atoms with Gasteiger partial charge in [0, 0.05) is 13.0 Å². The van der Waals surface area contributed by atoms with E-state index in [-0.39, 0.29) is 18.1 Å². The fraction of sp³-hybridized carbons (Fsp3) is 0.833. The average molecular weight is 349 g/mol. The molecule has 0 aromatic carbocycles. The van der Waals surface area contributed by atoms with Crippen molar-refractivity contribution in [3.63, 3.8) is 0 Å². The van der Waals surface area contributed by atoms with Gasteiger partial charge in [0.2, 0.25) is 5.91 Å². The van der Waals surface area contributed by atoms with E-state index in [1.165, 1.54) is 6.42 Å². The molecule has 1 aromatic heterocycles. The van der Waals surface area contributed by atoms with Gasteiger partial charge in [-0.05, 0) is 38.8 Å². The average Bonchev–Trinajstić information content (AvgIpc) is 3.11. The predicted molar refractivity (Wildman–Crippen MR) is 95.2 cm³/mol. The second-order valence-electron chi connectivity index (χ2n) is 7.08. The highest BCUT2D eigenvalue weighted by molar-refractivity contribution is 5.82. The fourth-order valence-electron chi connectivity index (χ4n) is 3.84. The summed E-state index contributed by atoms with van der Waals surface area (Å²) >= 11 is 0. The van der Waals surface area contributed by atoms with Crippen LogP contribution in [0.1, 0.15) is 63.7 Å². The number of hydrogen-bond donors (Lipinski definition) is 1. The number of piperidine rings is 1. The Kier molecular flexibility index (Phi) is 6.42. The van der Waals surface area contributed by atoms with Crippen LogP contribution in [0.4, 0.5) is 0 Å². The lowest BCUT2D eigenvalue weighted by atomic mass is 10.00. The molecule has 140 valence electrons. The van der Waals surface area contributed by atoms with Crippen LogP contribution in [0.5, 0.6) is 0 Å². The number of aromatic amines is 1. The van der Waals surface area contributed by atoms with Crippen molar-refractivity contribution >= 4 is 5.91 Å². The second kappa shape index (κ2) is 8.76. The third kappa shape index (κ3) is 4.39. The minimum Gasteiger partial charge on any atom is -0.366 e. The molecule has 1 amide bonds. The number of nitrogens with zero attached hydrogens (tertiary/aromatic N) is 4. The van der Waals surface area contributed by atoms with E-state index in [0.717, 1.165) is 51.0 Å². The van der Waals surface area contributed by atoms with Crippen LogP contribution in [-0.4, -0.2) is 69.7 Å². The zero-order valence-electron chi connectivity index (χ0n) is 15.5. The van der Waals surface area contributed by atoms with Gasteiger partial charge in [-0.3, -0.25) is 14.8 Å². The van der Waals surface area contributed by atoms with Crippen LogP contribution in [0.3, 0.4) is 0 Å². The molecule has 0 radical (unpaired) electrons. The number of nitrogens with one attached hydrogen (secondary N) is 1. The van der Waals surface area contributed by atoms with Gasteiger partial charge >= 0.3 is 0 Å².